The number of nitrogens with one attached hydrogen (secondary N) is 1. The van der Waals surface area contributed by atoms with Crippen molar-refractivity contribution in [2.24, 2.45) is 5.73 Å². The molecule has 7 nitrogen and oxygen atoms in total. The van der Waals surface area contributed by atoms with Crippen LogP contribution in [0.1, 0.15) is 30.6 Å². The standard InChI is InChI=1S/C16H22N2O5/c1-9(19)18-13(16(21)22)8-10-3-2-4-11(7-10)15-14(20)12(17)5-6-23-15/h2-4,7,12-15,20H,5-6,8,17H2,1H3,(H,18,19)(H,21,22)/t12-,13+,14+,15?/m0/s1. The smallest absolute Gasteiger partial charge is 0.326 e. The Balaban J connectivity index is 2.15. The molecule has 0 bridgehead atoms. The van der Waals surface area contributed by atoms with E-state index in [4.69, 9.17) is 10.5 Å². The van der Waals surface area contributed by atoms with Gasteiger partial charge in [0.15, 0.2) is 0 Å². The Bertz CT molecular complexity index is 577. The van der Waals surface area contributed by atoms with Gasteiger partial charge in [0, 0.05) is 26.0 Å². The first-order valence-corrected chi connectivity index (χ1v) is 7.52. The number of amides is 1. The van der Waals surface area contributed by atoms with E-state index in [1.165, 1.54) is 6.92 Å². The van der Waals surface area contributed by atoms with Crippen LogP contribution in [0.15, 0.2) is 24.3 Å². The maximum Gasteiger partial charge on any atom is 0.326 e. The van der Waals surface area contributed by atoms with Gasteiger partial charge in [-0.1, -0.05) is 24.3 Å². The number of carboxylic acid groups (broad SMARTS) is 1. The third kappa shape index (κ3) is 4.51. The summed E-state index contributed by atoms with van der Waals surface area (Å²) in [6.07, 6.45) is -0.578. The molecule has 0 saturated carbocycles. The van der Waals surface area contributed by atoms with Gasteiger partial charge in [0.1, 0.15) is 12.1 Å². The molecule has 126 valence electrons. The van der Waals surface area contributed by atoms with Crippen molar-refractivity contribution in [1.82, 2.24) is 5.32 Å². The summed E-state index contributed by atoms with van der Waals surface area (Å²) in [7, 11) is 0. The van der Waals surface area contributed by atoms with Gasteiger partial charge in [-0.05, 0) is 17.5 Å². The maximum atomic E-state index is 11.2. The predicted octanol–water partition coefficient (Wildman–Crippen LogP) is -0.0320. The van der Waals surface area contributed by atoms with E-state index < -0.39 is 30.1 Å². The molecule has 0 spiro atoms. The average molecular weight is 322 g/mol. The zero-order valence-corrected chi connectivity index (χ0v) is 12.9. The second-order valence-electron chi connectivity index (χ2n) is 5.78. The van der Waals surface area contributed by atoms with Crippen molar-refractivity contribution in [3.8, 4) is 0 Å². The van der Waals surface area contributed by atoms with Crippen LogP contribution in [-0.2, 0) is 20.7 Å². The number of carbonyl (C=O) groups is 2. The predicted molar refractivity (Wildman–Crippen MR) is 82.7 cm³/mol. The third-order valence-electron chi connectivity index (χ3n) is 3.89. The van der Waals surface area contributed by atoms with E-state index in [0.717, 1.165) is 11.1 Å². The lowest BCUT2D eigenvalue weighted by molar-refractivity contribution is -0.141. The van der Waals surface area contributed by atoms with E-state index >= 15 is 0 Å². The Morgan fingerprint density at radius 2 is 2.22 bits per heavy atom. The van der Waals surface area contributed by atoms with E-state index in [-0.39, 0.29) is 12.5 Å². The quantitative estimate of drug-likeness (QED) is 0.604. The van der Waals surface area contributed by atoms with Crippen molar-refractivity contribution in [2.45, 2.75) is 44.1 Å². The lowest BCUT2D eigenvalue weighted by Gasteiger charge is -2.33. The van der Waals surface area contributed by atoms with E-state index in [1.807, 2.05) is 6.07 Å². The molecular weight excluding hydrogens is 300 g/mol. The number of ether oxygens (including phenoxy) is 1. The molecule has 1 amide bonds. The van der Waals surface area contributed by atoms with Crippen LogP contribution in [-0.4, -0.2) is 46.9 Å². The van der Waals surface area contributed by atoms with Crippen molar-refractivity contribution >= 4 is 11.9 Å². The molecule has 1 aliphatic heterocycles. The normalized spacial score (nSPS) is 25.6. The Morgan fingerprint density at radius 1 is 1.48 bits per heavy atom. The van der Waals surface area contributed by atoms with Crippen molar-refractivity contribution in [2.75, 3.05) is 6.61 Å². The molecule has 23 heavy (non-hydrogen) atoms. The highest BCUT2D eigenvalue weighted by atomic mass is 16.5. The zero-order valence-electron chi connectivity index (χ0n) is 12.9. The van der Waals surface area contributed by atoms with Gasteiger partial charge in [-0.15, -0.1) is 0 Å². The molecule has 5 N–H and O–H groups in total. The Hall–Kier alpha value is -1.96. The summed E-state index contributed by atoms with van der Waals surface area (Å²) in [6.45, 7) is 1.75. The summed E-state index contributed by atoms with van der Waals surface area (Å²) in [5, 5.41) is 21.8. The number of hydrogen-bond acceptors (Lipinski definition) is 5. The zero-order chi connectivity index (χ0) is 17.0. The number of rotatable bonds is 5. The molecular formula is C16H22N2O5. The first-order chi connectivity index (χ1) is 10.9. The molecule has 4 atom stereocenters. The SMILES string of the molecule is CC(=O)N[C@H](Cc1cccc(C2OCC[C@H](N)[C@H]2O)c1)C(=O)O. The monoisotopic (exact) mass is 322 g/mol. The summed E-state index contributed by atoms with van der Waals surface area (Å²) < 4.78 is 5.60. The molecule has 0 radical (unpaired) electrons. The van der Waals surface area contributed by atoms with E-state index in [1.54, 1.807) is 18.2 Å². The van der Waals surface area contributed by atoms with Crippen LogP contribution in [0.25, 0.3) is 0 Å². The van der Waals surface area contributed by atoms with Crippen molar-refractivity contribution in [3.63, 3.8) is 0 Å². The van der Waals surface area contributed by atoms with Crippen LogP contribution in [0.2, 0.25) is 0 Å². The summed E-state index contributed by atoms with van der Waals surface area (Å²) in [4.78, 5) is 22.3. The first kappa shape index (κ1) is 17.4. The highest BCUT2D eigenvalue weighted by molar-refractivity contribution is 5.82. The molecule has 0 aromatic heterocycles. The minimum absolute atomic E-state index is 0.150. The maximum absolute atomic E-state index is 11.2. The molecule has 0 aliphatic carbocycles. The topological polar surface area (TPSA) is 122 Å². The summed E-state index contributed by atoms with van der Waals surface area (Å²) >= 11 is 0. The molecule has 7 heteroatoms. The summed E-state index contributed by atoms with van der Waals surface area (Å²) in [5.74, 6) is -1.49. The second-order valence-corrected chi connectivity index (χ2v) is 5.78. The summed E-state index contributed by atoms with van der Waals surface area (Å²) in [6, 6.07) is 5.79. The Labute approximate surface area is 134 Å². The van der Waals surface area contributed by atoms with Gasteiger partial charge in [0.05, 0.1) is 6.10 Å². The van der Waals surface area contributed by atoms with Gasteiger partial charge < -0.3 is 26.0 Å². The Kier molecular flexibility index (Phi) is 5.70. The van der Waals surface area contributed by atoms with Crippen LogP contribution in [0.3, 0.4) is 0 Å². The highest BCUT2D eigenvalue weighted by Crippen LogP contribution is 2.28. The van der Waals surface area contributed by atoms with E-state index in [2.05, 4.69) is 5.32 Å². The highest BCUT2D eigenvalue weighted by Gasteiger charge is 2.31. The minimum atomic E-state index is -1.10. The molecule has 1 heterocycles. The van der Waals surface area contributed by atoms with Gasteiger partial charge in [0.2, 0.25) is 5.91 Å². The van der Waals surface area contributed by atoms with Gasteiger partial charge in [0.25, 0.3) is 0 Å². The van der Waals surface area contributed by atoms with E-state index in [0.29, 0.717) is 13.0 Å². The fourth-order valence-corrected chi connectivity index (χ4v) is 2.70. The van der Waals surface area contributed by atoms with Gasteiger partial charge >= 0.3 is 5.97 Å². The number of aliphatic carboxylic acids is 1. The van der Waals surface area contributed by atoms with Gasteiger partial charge in [-0.3, -0.25) is 4.79 Å². The lowest BCUT2D eigenvalue weighted by atomic mass is 9.93. The number of hydrogen-bond donors (Lipinski definition) is 4. The molecule has 1 saturated heterocycles. The van der Waals surface area contributed by atoms with Crippen LogP contribution in [0.5, 0.6) is 0 Å². The Morgan fingerprint density at radius 3 is 2.87 bits per heavy atom. The van der Waals surface area contributed by atoms with E-state index in [9.17, 15) is 19.8 Å². The van der Waals surface area contributed by atoms with Crippen molar-refractivity contribution in [3.05, 3.63) is 35.4 Å². The van der Waals surface area contributed by atoms with Crippen LogP contribution < -0.4 is 11.1 Å². The van der Waals surface area contributed by atoms with Gasteiger partial charge in [-0.25, -0.2) is 4.79 Å². The lowest BCUT2D eigenvalue weighted by Crippen LogP contribution is -2.44. The molecule has 1 aromatic rings. The fourth-order valence-electron chi connectivity index (χ4n) is 2.70. The minimum Gasteiger partial charge on any atom is -0.480 e. The second kappa shape index (κ2) is 7.54. The fraction of sp³-hybridized carbons (Fsp3) is 0.500. The summed E-state index contributed by atoms with van der Waals surface area (Å²) in [5.41, 5.74) is 7.35. The number of carbonyl (C=O) groups excluding carboxylic acids is 1. The molecule has 1 unspecified atom stereocenters. The molecule has 1 aliphatic rings. The van der Waals surface area contributed by atoms with Crippen molar-refractivity contribution in [1.29, 1.82) is 0 Å². The first-order valence-electron chi connectivity index (χ1n) is 7.52. The number of aliphatic hydroxyl groups is 1. The molecule has 1 aromatic carbocycles. The van der Waals surface area contributed by atoms with Gasteiger partial charge in [-0.2, -0.15) is 0 Å². The molecule has 1 fully saturated rings. The third-order valence-corrected chi connectivity index (χ3v) is 3.89. The average Bonchev–Trinajstić information content (AvgIpc) is 2.49. The number of nitrogens with two attached hydrogens (primary N) is 1. The largest absolute Gasteiger partial charge is 0.480 e. The number of carboxylic acids is 1. The van der Waals surface area contributed by atoms with Crippen molar-refractivity contribution < 1.29 is 24.5 Å². The number of aliphatic hydroxyl groups excluding tert-OH is 1. The number of benzene rings is 1. The molecule has 2 rings (SSSR count). The van der Waals surface area contributed by atoms with Crippen LogP contribution >= 0.6 is 0 Å². The van der Waals surface area contributed by atoms with Crippen LogP contribution in [0, 0.1) is 0 Å². The van der Waals surface area contributed by atoms with Crippen LogP contribution in [0.4, 0.5) is 0 Å².